The number of halogens is 1. The van der Waals surface area contributed by atoms with Gasteiger partial charge in [-0.1, -0.05) is 54.2 Å². The minimum absolute atomic E-state index is 0.118. The molecule has 2 atom stereocenters. The summed E-state index contributed by atoms with van der Waals surface area (Å²) in [5.41, 5.74) is 9.77. The summed E-state index contributed by atoms with van der Waals surface area (Å²) in [5, 5.41) is 3.60. The molecular weight excluding hydrogens is 387 g/mol. The summed E-state index contributed by atoms with van der Waals surface area (Å²) in [6.45, 7) is 0.0290. The fourth-order valence-electron chi connectivity index (χ4n) is 3.10. The first-order chi connectivity index (χ1) is 14.2. The molecule has 0 aliphatic carbocycles. The monoisotopic (exact) mass is 410 g/mol. The van der Waals surface area contributed by atoms with Gasteiger partial charge in [-0.3, -0.25) is 0 Å². The second kappa shape index (κ2) is 9.20. The number of nitrogens with two attached hydrogens (primary N) is 1. The number of hydrogen-bond donors (Lipinski definition) is 2. The number of nitrogens with one attached hydrogen (secondary N) is 1. The molecule has 0 aromatic heterocycles. The number of rotatable bonds is 8. The highest BCUT2D eigenvalue weighted by molar-refractivity contribution is 8.00. The smallest absolute Gasteiger partial charge is 0.150 e. The Morgan fingerprint density at radius 2 is 1.83 bits per heavy atom. The summed E-state index contributed by atoms with van der Waals surface area (Å²) in [6, 6.07) is 23.4. The number of anilines is 2. The summed E-state index contributed by atoms with van der Waals surface area (Å²) >= 11 is 1.70. The van der Waals surface area contributed by atoms with Gasteiger partial charge in [-0.05, 0) is 41.5 Å². The van der Waals surface area contributed by atoms with Gasteiger partial charge in [-0.2, -0.15) is 0 Å². The van der Waals surface area contributed by atoms with E-state index in [9.17, 15) is 4.39 Å². The van der Waals surface area contributed by atoms with Crippen molar-refractivity contribution in [3.63, 3.8) is 0 Å². The Kier molecular flexibility index (Phi) is 6.22. The van der Waals surface area contributed by atoms with Crippen LogP contribution in [0.15, 0.2) is 77.7 Å². The minimum atomic E-state index is -0.635. The molecular formula is C23H23FN2O2S. The van der Waals surface area contributed by atoms with E-state index in [1.54, 1.807) is 11.8 Å². The van der Waals surface area contributed by atoms with E-state index in [4.69, 9.17) is 15.2 Å². The molecule has 0 saturated carbocycles. The largest absolute Gasteiger partial charge is 0.485 e. The molecule has 29 heavy (non-hydrogen) atoms. The lowest BCUT2D eigenvalue weighted by atomic mass is 10.2. The molecule has 2 unspecified atom stereocenters. The molecule has 0 spiro atoms. The van der Waals surface area contributed by atoms with Crippen LogP contribution in [0.4, 0.5) is 15.8 Å². The van der Waals surface area contributed by atoms with E-state index in [-0.39, 0.29) is 12.0 Å². The lowest BCUT2D eigenvalue weighted by molar-refractivity contribution is 0.0296. The number of benzene rings is 3. The van der Waals surface area contributed by atoms with Crippen LogP contribution in [-0.4, -0.2) is 19.4 Å². The van der Waals surface area contributed by atoms with Crippen molar-refractivity contribution < 1.29 is 13.9 Å². The summed E-state index contributed by atoms with van der Waals surface area (Å²) in [5.74, 6) is 0.641. The third-order valence-corrected chi connectivity index (χ3v) is 5.83. The van der Waals surface area contributed by atoms with Crippen LogP contribution >= 0.6 is 11.8 Å². The van der Waals surface area contributed by atoms with Crippen molar-refractivity contribution >= 4 is 23.1 Å². The van der Waals surface area contributed by atoms with Crippen molar-refractivity contribution in [1.82, 2.24) is 0 Å². The normalized spacial score (nSPS) is 16.1. The highest BCUT2D eigenvalue weighted by Crippen LogP contribution is 2.47. The van der Waals surface area contributed by atoms with E-state index in [2.05, 4.69) is 5.32 Å². The van der Waals surface area contributed by atoms with Crippen LogP contribution in [0.5, 0.6) is 5.75 Å². The molecule has 4 rings (SSSR count). The topological polar surface area (TPSA) is 56.5 Å². The van der Waals surface area contributed by atoms with E-state index in [0.717, 1.165) is 27.4 Å². The van der Waals surface area contributed by atoms with E-state index >= 15 is 0 Å². The van der Waals surface area contributed by atoms with Crippen molar-refractivity contribution in [3.8, 4) is 5.75 Å². The average Bonchev–Trinajstić information content (AvgIpc) is 3.17. The maximum atomic E-state index is 13.4. The van der Waals surface area contributed by atoms with E-state index in [1.165, 1.54) is 0 Å². The van der Waals surface area contributed by atoms with Crippen LogP contribution in [0.1, 0.15) is 16.5 Å². The fraction of sp³-hybridized carbons (Fsp3) is 0.217. The van der Waals surface area contributed by atoms with Crippen LogP contribution < -0.4 is 15.8 Å². The minimum Gasteiger partial charge on any atom is -0.485 e. The van der Waals surface area contributed by atoms with Gasteiger partial charge < -0.3 is 20.5 Å². The first-order valence-electron chi connectivity index (χ1n) is 9.48. The molecule has 1 heterocycles. The Morgan fingerprint density at radius 1 is 1.03 bits per heavy atom. The third kappa shape index (κ3) is 5.02. The van der Waals surface area contributed by atoms with Crippen LogP contribution in [0, 0.1) is 0 Å². The quantitative estimate of drug-likeness (QED) is 0.486. The molecule has 1 aliphatic rings. The number of thioether (sulfide) groups is 1. The van der Waals surface area contributed by atoms with Gasteiger partial charge in [0, 0.05) is 16.3 Å². The standard InChI is InChI=1S/C23H23FN2O2S/c24-13-20(15-27-14-16-4-2-1-3-5-16)28-19-10-11-21-22(12-19)29-23(26-21)17-6-8-18(25)9-7-17/h1-12,20,23,26H,13-15,25H2. The molecule has 150 valence electrons. The number of hydrogen-bond acceptors (Lipinski definition) is 5. The number of fused-ring (bicyclic) bond motifs is 1. The van der Waals surface area contributed by atoms with Gasteiger partial charge in [-0.15, -0.1) is 0 Å². The van der Waals surface area contributed by atoms with Crippen LogP contribution in [0.3, 0.4) is 0 Å². The van der Waals surface area contributed by atoms with Gasteiger partial charge >= 0.3 is 0 Å². The second-order valence-electron chi connectivity index (χ2n) is 6.86. The second-order valence-corrected chi connectivity index (χ2v) is 8.01. The third-order valence-electron chi connectivity index (χ3n) is 4.61. The summed E-state index contributed by atoms with van der Waals surface area (Å²) in [6.07, 6.45) is -0.635. The van der Waals surface area contributed by atoms with Gasteiger partial charge in [0.2, 0.25) is 0 Å². The highest BCUT2D eigenvalue weighted by atomic mass is 32.2. The summed E-state index contributed by atoms with van der Waals surface area (Å²) in [4.78, 5) is 1.08. The van der Waals surface area contributed by atoms with Gasteiger partial charge in [0.15, 0.2) is 6.10 Å². The molecule has 4 nitrogen and oxygen atoms in total. The first-order valence-corrected chi connectivity index (χ1v) is 10.4. The lowest BCUT2D eigenvalue weighted by Gasteiger charge is -2.17. The highest BCUT2D eigenvalue weighted by Gasteiger charge is 2.23. The SMILES string of the molecule is Nc1ccc(C2Nc3ccc(OC(CF)COCc4ccccc4)cc3S2)cc1. The van der Waals surface area contributed by atoms with Gasteiger partial charge in [0.05, 0.1) is 13.2 Å². The van der Waals surface area contributed by atoms with Crippen molar-refractivity contribution in [2.75, 3.05) is 24.3 Å². The van der Waals surface area contributed by atoms with Crippen molar-refractivity contribution in [3.05, 3.63) is 83.9 Å². The summed E-state index contributed by atoms with van der Waals surface area (Å²) < 4.78 is 24.9. The van der Waals surface area contributed by atoms with Crippen LogP contribution in [0.25, 0.3) is 0 Å². The Labute approximate surface area is 174 Å². The lowest BCUT2D eigenvalue weighted by Crippen LogP contribution is -2.25. The maximum Gasteiger partial charge on any atom is 0.150 e. The van der Waals surface area contributed by atoms with Gasteiger partial charge in [0.25, 0.3) is 0 Å². The van der Waals surface area contributed by atoms with E-state index in [1.807, 2.05) is 72.8 Å². The Balaban J connectivity index is 1.34. The molecule has 6 heteroatoms. The van der Waals surface area contributed by atoms with Crippen molar-refractivity contribution in [2.24, 2.45) is 0 Å². The zero-order valence-corrected chi connectivity index (χ0v) is 16.7. The van der Waals surface area contributed by atoms with E-state index in [0.29, 0.717) is 12.4 Å². The molecule has 3 N–H and O–H groups in total. The maximum absolute atomic E-state index is 13.4. The van der Waals surface area contributed by atoms with Crippen molar-refractivity contribution in [2.45, 2.75) is 23.0 Å². The first kappa shape index (κ1) is 19.6. The summed E-state index contributed by atoms with van der Waals surface area (Å²) in [7, 11) is 0. The molecule has 0 saturated heterocycles. The van der Waals surface area contributed by atoms with Crippen LogP contribution in [0.2, 0.25) is 0 Å². The average molecular weight is 411 g/mol. The number of nitrogen functional groups attached to an aromatic ring is 1. The molecule has 0 bridgehead atoms. The van der Waals surface area contributed by atoms with Gasteiger partial charge in [0.1, 0.15) is 17.8 Å². The zero-order valence-electron chi connectivity index (χ0n) is 15.9. The van der Waals surface area contributed by atoms with Crippen molar-refractivity contribution in [1.29, 1.82) is 0 Å². The predicted octanol–water partition coefficient (Wildman–Crippen LogP) is 5.42. The molecule has 3 aromatic rings. The molecule has 1 aliphatic heterocycles. The van der Waals surface area contributed by atoms with Gasteiger partial charge in [-0.25, -0.2) is 4.39 Å². The number of alkyl halides is 1. The number of ether oxygens (including phenoxy) is 2. The molecule has 0 radical (unpaired) electrons. The zero-order chi connectivity index (χ0) is 20.1. The van der Waals surface area contributed by atoms with E-state index < -0.39 is 12.8 Å². The molecule has 3 aromatic carbocycles. The Morgan fingerprint density at radius 3 is 2.59 bits per heavy atom. The Hall–Kier alpha value is -2.70. The Bertz CT molecular complexity index is 937. The molecule has 0 amide bonds. The van der Waals surface area contributed by atoms with Crippen LogP contribution in [-0.2, 0) is 11.3 Å². The molecule has 0 fully saturated rings. The predicted molar refractivity (Wildman–Crippen MR) is 116 cm³/mol. The fourth-order valence-corrected chi connectivity index (χ4v) is 4.27.